The van der Waals surface area contributed by atoms with Gasteiger partial charge in [0.25, 0.3) is 5.91 Å². The van der Waals surface area contributed by atoms with Crippen LogP contribution >= 0.6 is 11.6 Å². The number of aliphatic carboxylic acids is 1. The molecular weight excluding hydrogens is 402 g/mol. The number of carboxylic acids is 1. The molecule has 5 nitrogen and oxygen atoms in total. The molecule has 1 aromatic heterocycles. The minimum Gasteiger partial charge on any atom is -0.495 e. The molecular formula is C24H26ClNO4. The molecule has 1 heterocycles. The third kappa shape index (κ3) is 3.70. The lowest BCUT2D eigenvalue weighted by atomic mass is 9.84. The molecule has 0 bridgehead atoms. The van der Waals surface area contributed by atoms with Crippen LogP contribution in [0.2, 0.25) is 5.02 Å². The van der Waals surface area contributed by atoms with Crippen molar-refractivity contribution >= 4 is 34.4 Å². The minimum absolute atomic E-state index is 0.114. The number of ether oxygens (including phenoxy) is 1. The van der Waals surface area contributed by atoms with Crippen molar-refractivity contribution in [3.63, 3.8) is 0 Å². The SMILES string of the molecule is CCC(C)[C@@H](C(=O)O)c1c(C)n(C(=O)c2ccc(C)cc2)c2cc(Cl)c(OC)cc12. The van der Waals surface area contributed by atoms with Gasteiger partial charge in [-0.15, -0.1) is 0 Å². The van der Waals surface area contributed by atoms with Crippen molar-refractivity contribution in [3.05, 3.63) is 63.8 Å². The normalized spacial score (nSPS) is 13.3. The van der Waals surface area contributed by atoms with E-state index >= 15 is 0 Å². The van der Waals surface area contributed by atoms with Crippen LogP contribution in [0.1, 0.15) is 53.4 Å². The summed E-state index contributed by atoms with van der Waals surface area (Å²) in [7, 11) is 1.51. The molecule has 3 aromatic rings. The number of carboxylic acid groups (broad SMARTS) is 1. The summed E-state index contributed by atoms with van der Waals surface area (Å²) in [6.45, 7) is 7.62. The van der Waals surface area contributed by atoms with E-state index in [1.54, 1.807) is 35.8 Å². The first-order valence-electron chi connectivity index (χ1n) is 9.93. The molecule has 1 unspecified atom stereocenters. The number of carbonyl (C=O) groups excluding carboxylic acids is 1. The third-order valence-electron chi connectivity index (χ3n) is 5.82. The zero-order valence-electron chi connectivity index (χ0n) is 17.8. The van der Waals surface area contributed by atoms with Crippen molar-refractivity contribution in [3.8, 4) is 5.75 Å². The van der Waals surface area contributed by atoms with Gasteiger partial charge in [-0.3, -0.25) is 14.2 Å². The zero-order chi connectivity index (χ0) is 22.2. The van der Waals surface area contributed by atoms with Crippen molar-refractivity contribution in [2.24, 2.45) is 5.92 Å². The molecule has 158 valence electrons. The summed E-state index contributed by atoms with van der Waals surface area (Å²) >= 11 is 6.37. The fourth-order valence-electron chi connectivity index (χ4n) is 3.96. The molecule has 0 saturated heterocycles. The molecule has 2 atom stereocenters. The second-order valence-corrected chi connectivity index (χ2v) is 8.12. The highest BCUT2D eigenvalue weighted by Gasteiger charge is 2.33. The van der Waals surface area contributed by atoms with Crippen molar-refractivity contribution in [1.82, 2.24) is 4.57 Å². The van der Waals surface area contributed by atoms with Gasteiger partial charge >= 0.3 is 5.97 Å². The van der Waals surface area contributed by atoms with Crippen molar-refractivity contribution in [2.45, 2.75) is 40.0 Å². The Balaban J connectivity index is 2.36. The van der Waals surface area contributed by atoms with E-state index < -0.39 is 11.9 Å². The van der Waals surface area contributed by atoms with Crippen molar-refractivity contribution in [2.75, 3.05) is 7.11 Å². The summed E-state index contributed by atoms with van der Waals surface area (Å²) in [4.78, 5) is 25.7. The number of benzene rings is 2. The highest BCUT2D eigenvalue weighted by Crippen LogP contribution is 2.41. The monoisotopic (exact) mass is 427 g/mol. The summed E-state index contributed by atoms with van der Waals surface area (Å²) in [5.41, 5.74) is 3.38. The Bertz CT molecular complexity index is 1110. The summed E-state index contributed by atoms with van der Waals surface area (Å²) < 4.78 is 6.94. The zero-order valence-corrected chi connectivity index (χ0v) is 18.6. The second kappa shape index (κ2) is 8.52. The fourth-order valence-corrected chi connectivity index (χ4v) is 4.20. The van der Waals surface area contributed by atoms with Gasteiger partial charge in [-0.25, -0.2) is 0 Å². The smallest absolute Gasteiger partial charge is 0.311 e. The summed E-state index contributed by atoms with van der Waals surface area (Å²) in [5, 5.41) is 11.1. The molecule has 2 aromatic carbocycles. The Morgan fingerprint density at radius 3 is 2.33 bits per heavy atom. The standard InChI is InChI=1S/C24H26ClNO4/c1-6-14(3)21(24(28)29)22-15(4)26(23(27)16-9-7-13(2)8-10-16)19-12-18(25)20(30-5)11-17(19)22/h7-12,14,21H,6H2,1-5H3,(H,28,29)/t14?,21-/m1/s1. The van der Waals surface area contributed by atoms with E-state index in [0.29, 0.717) is 44.9 Å². The van der Waals surface area contributed by atoms with Crippen LogP contribution in [0.25, 0.3) is 10.9 Å². The van der Waals surface area contributed by atoms with E-state index in [1.165, 1.54) is 7.11 Å². The molecule has 0 saturated carbocycles. The maximum absolute atomic E-state index is 13.4. The van der Waals surface area contributed by atoms with Crippen molar-refractivity contribution < 1.29 is 19.4 Å². The maximum atomic E-state index is 13.4. The molecule has 0 aliphatic rings. The number of hydrogen-bond donors (Lipinski definition) is 1. The largest absolute Gasteiger partial charge is 0.495 e. The maximum Gasteiger partial charge on any atom is 0.311 e. The number of methoxy groups -OCH3 is 1. The Morgan fingerprint density at radius 2 is 1.80 bits per heavy atom. The number of hydrogen-bond acceptors (Lipinski definition) is 3. The first kappa shape index (κ1) is 21.9. The first-order valence-corrected chi connectivity index (χ1v) is 10.3. The van der Waals surface area contributed by atoms with Crippen LogP contribution in [0, 0.1) is 19.8 Å². The van der Waals surface area contributed by atoms with Gasteiger partial charge in [0.15, 0.2) is 0 Å². The predicted molar refractivity (Wildman–Crippen MR) is 119 cm³/mol. The second-order valence-electron chi connectivity index (χ2n) is 7.71. The average molecular weight is 428 g/mol. The van der Waals surface area contributed by atoms with Gasteiger partial charge in [0.05, 0.1) is 23.6 Å². The van der Waals surface area contributed by atoms with Gasteiger partial charge in [-0.1, -0.05) is 49.6 Å². The van der Waals surface area contributed by atoms with Crippen LogP contribution in [-0.4, -0.2) is 28.7 Å². The molecule has 6 heteroatoms. The van der Waals surface area contributed by atoms with E-state index in [9.17, 15) is 14.7 Å². The Morgan fingerprint density at radius 1 is 1.17 bits per heavy atom. The Hall–Kier alpha value is -2.79. The Labute approximate surface area is 181 Å². The van der Waals surface area contributed by atoms with Gasteiger partial charge in [-0.05, 0) is 49.6 Å². The summed E-state index contributed by atoms with van der Waals surface area (Å²) in [5.74, 6) is -1.56. The number of aromatic nitrogens is 1. The number of rotatable bonds is 6. The van der Waals surface area contributed by atoms with Crippen LogP contribution < -0.4 is 4.74 Å². The molecule has 3 rings (SSSR count). The Kier molecular flexibility index (Phi) is 6.22. The van der Waals surface area contributed by atoms with E-state index in [0.717, 1.165) is 5.56 Å². The van der Waals surface area contributed by atoms with Gasteiger partial charge in [0.1, 0.15) is 5.75 Å². The first-order chi connectivity index (χ1) is 14.2. The van der Waals surface area contributed by atoms with E-state index in [2.05, 4.69) is 0 Å². The van der Waals surface area contributed by atoms with Gasteiger partial charge < -0.3 is 9.84 Å². The predicted octanol–water partition coefficient (Wildman–Crippen LogP) is 5.82. The van der Waals surface area contributed by atoms with Crippen molar-refractivity contribution in [1.29, 1.82) is 0 Å². The molecule has 30 heavy (non-hydrogen) atoms. The molecule has 0 amide bonds. The number of fused-ring (bicyclic) bond motifs is 1. The fraction of sp³-hybridized carbons (Fsp3) is 0.333. The van der Waals surface area contributed by atoms with E-state index in [4.69, 9.17) is 16.3 Å². The average Bonchev–Trinajstić information content (AvgIpc) is 2.98. The van der Waals surface area contributed by atoms with E-state index in [1.807, 2.05) is 32.9 Å². The van der Waals surface area contributed by atoms with Crippen LogP contribution in [0.4, 0.5) is 0 Å². The van der Waals surface area contributed by atoms with Crippen LogP contribution in [-0.2, 0) is 4.79 Å². The number of halogens is 1. The van der Waals surface area contributed by atoms with Crippen LogP contribution in [0.3, 0.4) is 0 Å². The van der Waals surface area contributed by atoms with Gasteiger partial charge in [-0.2, -0.15) is 0 Å². The number of carbonyl (C=O) groups is 2. The van der Waals surface area contributed by atoms with Crippen LogP contribution in [0.5, 0.6) is 5.75 Å². The van der Waals surface area contributed by atoms with Gasteiger partial charge in [0, 0.05) is 16.6 Å². The molecule has 0 fully saturated rings. The molecule has 0 aliphatic heterocycles. The lowest BCUT2D eigenvalue weighted by Crippen LogP contribution is -2.21. The quantitative estimate of drug-likeness (QED) is 0.537. The molecule has 1 N–H and O–H groups in total. The van der Waals surface area contributed by atoms with Gasteiger partial charge in [0.2, 0.25) is 0 Å². The van der Waals surface area contributed by atoms with E-state index in [-0.39, 0.29) is 11.8 Å². The summed E-state index contributed by atoms with van der Waals surface area (Å²) in [6, 6.07) is 10.7. The number of aryl methyl sites for hydroxylation is 1. The van der Waals surface area contributed by atoms with Crippen LogP contribution in [0.15, 0.2) is 36.4 Å². The highest BCUT2D eigenvalue weighted by molar-refractivity contribution is 6.33. The molecule has 0 aliphatic carbocycles. The number of nitrogens with zero attached hydrogens (tertiary/aromatic N) is 1. The molecule has 0 spiro atoms. The summed E-state index contributed by atoms with van der Waals surface area (Å²) in [6.07, 6.45) is 0.694. The minimum atomic E-state index is -0.914. The lowest BCUT2D eigenvalue weighted by Gasteiger charge is -2.20. The molecule has 0 radical (unpaired) electrons. The highest BCUT2D eigenvalue weighted by atomic mass is 35.5. The lowest BCUT2D eigenvalue weighted by molar-refractivity contribution is -0.140. The third-order valence-corrected chi connectivity index (χ3v) is 6.11. The topological polar surface area (TPSA) is 68.5 Å².